The molecule has 1 aromatic rings. The summed E-state index contributed by atoms with van der Waals surface area (Å²) in [6, 6.07) is 8.57. The van der Waals surface area contributed by atoms with Crippen molar-refractivity contribution >= 4 is 11.8 Å². The molecule has 1 saturated heterocycles. The van der Waals surface area contributed by atoms with Crippen molar-refractivity contribution in [2.75, 3.05) is 6.54 Å². The van der Waals surface area contributed by atoms with E-state index in [-0.39, 0.29) is 5.91 Å². The van der Waals surface area contributed by atoms with Gasteiger partial charge in [0.25, 0.3) is 0 Å². The molecule has 1 atom stereocenters. The van der Waals surface area contributed by atoms with Crippen LogP contribution in [0.3, 0.4) is 0 Å². The molecule has 0 aromatic heterocycles. The van der Waals surface area contributed by atoms with Crippen LogP contribution in [0.5, 0.6) is 0 Å². The van der Waals surface area contributed by atoms with Gasteiger partial charge in [0.15, 0.2) is 0 Å². The summed E-state index contributed by atoms with van der Waals surface area (Å²) in [5.41, 5.74) is 6.16. The Bertz CT molecular complexity index is 403. The van der Waals surface area contributed by atoms with Crippen molar-refractivity contribution in [3.8, 4) is 0 Å². The molecule has 1 aliphatic heterocycles. The lowest BCUT2D eigenvalue weighted by Gasteiger charge is -2.25. The van der Waals surface area contributed by atoms with E-state index in [1.807, 2.05) is 30.3 Å². The molecular weight excluding hydrogens is 204 g/mol. The summed E-state index contributed by atoms with van der Waals surface area (Å²) in [6.07, 6.45) is 1.31. The second kappa shape index (κ2) is 4.35. The minimum absolute atomic E-state index is 0.00709. The molecule has 2 rings (SSSR count). The molecule has 84 valence electrons. The monoisotopic (exact) mass is 218 g/mol. The van der Waals surface area contributed by atoms with E-state index in [0.29, 0.717) is 13.0 Å². The summed E-state index contributed by atoms with van der Waals surface area (Å²) in [7, 11) is 0. The minimum Gasteiger partial charge on any atom is -0.368 e. The van der Waals surface area contributed by atoms with Crippen molar-refractivity contribution in [1.82, 2.24) is 4.90 Å². The second-order valence-corrected chi connectivity index (χ2v) is 3.91. The number of likely N-dealkylation sites (tertiary alicyclic amines) is 1. The van der Waals surface area contributed by atoms with Gasteiger partial charge < -0.3 is 10.6 Å². The highest BCUT2D eigenvalue weighted by atomic mass is 16.2. The van der Waals surface area contributed by atoms with Crippen LogP contribution in [0.1, 0.15) is 24.4 Å². The molecule has 1 unspecified atom stereocenters. The van der Waals surface area contributed by atoms with Crippen LogP contribution in [0.2, 0.25) is 0 Å². The quantitative estimate of drug-likeness (QED) is 0.817. The van der Waals surface area contributed by atoms with Crippen LogP contribution >= 0.6 is 0 Å². The SMILES string of the molecule is NC(=O)C(c1ccccc1)N1CCCC1=O. The van der Waals surface area contributed by atoms with Crippen LogP contribution in [-0.4, -0.2) is 23.3 Å². The largest absolute Gasteiger partial charge is 0.368 e. The summed E-state index contributed by atoms with van der Waals surface area (Å²) in [4.78, 5) is 24.6. The molecule has 0 aliphatic carbocycles. The Morgan fingerprint density at radius 2 is 2.00 bits per heavy atom. The smallest absolute Gasteiger partial charge is 0.244 e. The lowest BCUT2D eigenvalue weighted by atomic mass is 10.1. The van der Waals surface area contributed by atoms with E-state index < -0.39 is 11.9 Å². The topological polar surface area (TPSA) is 63.4 Å². The Hall–Kier alpha value is -1.84. The Morgan fingerprint density at radius 3 is 2.50 bits per heavy atom. The zero-order chi connectivity index (χ0) is 11.5. The summed E-state index contributed by atoms with van der Waals surface area (Å²) in [5.74, 6) is -0.464. The van der Waals surface area contributed by atoms with Crippen LogP contribution in [0.15, 0.2) is 30.3 Å². The number of carbonyl (C=O) groups is 2. The molecule has 0 saturated carbocycles. The minimum atomic E-state index is -0.615. The molecule has 0 bridgehead atoms. The number of amides is 2. The van der Waals surface area contributed by atoms with E-state index in [1.165, 1.54) is 0 Å². The Balaban J connectivity index is 2.31. The first kappa shape index (κ1) is 10.7. The van der Waals surface area contributed by atoms with Crippen molar-refractivity contribution in [3.63, 3.8) is 0 Å². The fourth-order valence-electron chi connectivity index (χ4n) is 2.08. The number of hydrogen-bond acceptors (Lipinski definition) is 2. The van der Waals surface area contributed by atoms with Crippen molar-refractivity contribution in [3.05, 3.63) is 35.9 Å². The van der Waals surface area contributed by atoms with Gasteiger partial charge in [-0.2, -0.15) is 0 Å². The average Bonchev–Trinajstić information content (AvgIpc) is 2.66. The standard InChI is InChI=1S/C12H14N2O2/c13-12(16)11(9-5-2-1-3-6-9)14-8-4-7-10(14)15/h1-3,5-6,11H,4,7-8H2,(H2,13,16). The van der Waals surface area contributed by atoms with Gasteiger partial charge in [-0.3, -0.25) is 9.59 Å². The van der Waals surface area contributed by atoms with Gasteiger partial charge in [0, 0.05) is 13.0 Å². The Kier molecular flexibility index (Phi) is 2.90. The van der Waals surface area contributed by atoms with Gasteiger partial charge >= 0.3 is 0 Å². The van der Waals surface area contributed by atoms with Gasteiger partial charge in [-0.25, -0.2) is 0 Å². The van der Waals surface area contributed by atoms with Crippen LogP contribution in [-0.2, 0) is 9.59 Å². The number of nitrogens with two attached hydrogens (primary N) is 1. The maximum atomic E-state index is 11.6. The Morgan fingerprint density at radius 1 is 1.31 bits per heavy atom. The normalized spacial score (nSPS) is 17.5. The fourth-order valence-corrected chi connectivity index (χ4v) is 2.08. The molecule has 0 radical (unpaired) electrons. The van der Waals surface area contributed by atoms with Crippen molar-refractivity contribution in [2.45, 2.75) is 18.9 Å². The van der Waals surface area contributed by atoms with Gasteiger partial charge in [-0.05, 0) is 12.0 Å². The first-order valence-corrected chi connectivity index (χ1v) is 5.34. The lowest BCUT2D eigenvalue weighted by molar-refractivity contribution is -0.136. The van der Waals surface area contributed by atoms with Gasteiger partial charge in [-0.1, -0.05) is 30.3 Å². The van der Waals surface area contributed by atoms with E-state index in [4.69, 9.17) is 5.73 Å². The predicted molar refractivity (Wildman–Crippen MR) is 59.3 cm³/mol. The van der Waals surface area contributed by atoms with Crippen LogP contribution in [0.4, 0.5) is 0 Å². The molecule has 1 aliphatic rings. The zero-order valence-corrected chi connectivity index (χ0v) is 8.93. The highest BCUT2D eigenvalue weighted by Gasteiger charge is 2.32. The van der Waals surface area contributed by atoms with Gasteiger partial charge in [0.05, 0.1) is 0 Å². The molecule has 4 nitrogen and oxygen atoms in total. The first-order valence-electron chi connectivity index (χ1n) is 5.34. The highest BCUT2D eigenvalue weighted by molar-refractivity contribution is 5.88. The van der Waals surface area contributed by atoms with Crippen molar-refractivity contribution in [2.24, 2.45) is 5.73 Å². The molecule has 16 heavy (non-hydrogen) atoms. The Labute approximate surface area is 94.0 Å². The van der Waals surface area contributed by atoms with Gasteiger partial charge in [-0.15, -0.1) is 0 Å². The third-order valence-electron chi connectivity index (χ3n) is 2.81. The number of carbonyl (C=O) groups excluding carboxylic acids is 2. The maximum Gasteiger partial charge on any atom is 0.244 e. The van der Waals surface area contributed by atoms with Crippen LogP contribution in [0, 0.1) is 0 Å². The molecule has 2 N–H and O–H groups in total. The number of rotatable bonds is 3. The van der Waals surface area contributed by atoms with E-state index in [2.05, 4.69) is 0 Å². The summed E-state index contributed by atoms with van der Waals surface area (Å²) in [6.45, 7) is 0.612. The van der Waals surface area contributed by atoms with E-state index >= 15 is 0 Å². The average molecular weight is 218 g/mol. The molecule has 2 amide bonds. The molecule has 4 heteroatoms. The number of benzene rings is 1. The van der Waals surface area contributed by atoms with Crippen molar-refractivity contribution in [1.29, 1.82) is 0 Å². The third kappa shape index (κ3) is 1.91. The van der Waals surface area contributed by atoms with Crippen LogP contribution in [0.25, 0.3) is 0 Å². The molecule has 0 spiro atoms. The first-order chi connectivity index (χ1) is 7.70. The molecule has 1 aromatic carbocycles. The molecule has 1 heterocycles. The third-order valence-corrected chi connectivity index (χ3v) is 2.81. The van der Waals surface area contributed by atoms with Crippen molar-refractivity contribution < 1.29 is 9.59 Å². The molecule has 1 fully saturated rings. The zero-order valence-electron chi connectivity index (χ0n) is 8.93. The van der Waals surface area contributed by atoms with Gasteiger partial charge in [0.1, 0.15) is 6.04 Å². The van der Waals surface area contributed by atoms with Gasteiger partial charge in [0.2, 0.25) is 11.8 Å². The summed E-state index contributed by atoms with van der Waals surface area (Å²) >= 11 is 0. The lowest BCUT2D eigenvalue weighted by Crippen LogP contribution is -2.38. The molecular formula is C12H14N2O2. The number of hydrogen-bond donors (Lipinski definition) is 1. The number of primary amides is 1. The van der Waals surface area contributed by atoms with E-state index in [0.717, 1.165) is 12.0 Å². The van der Waals surface area contributed by atoms with E-state index in [1.54, 1.807) is 4.90 Å². The van der Waals surface area contributed by atoms with E-state index in [9.17, 15) is 9.59 Å². The summed E-state index contributed by atoms with van der Waals surface area (Å²) < 4.78 is 0. The second-order valence-electron chi connectivity index (χ2n) is 3.91. The maximum absolute atomic E-state index is 11.6. The van der Waals surface area contributed by atoms with Crippen LogP contribution < -0.4 is 5.73 Å². The fraction of sp³-hybridized carbons (Fsp3) is 0.333. The predicted octanol–water partition coefficient (Wildman–Crippen LogP) is 0.835. The number of nitrogens with zero attached hydrogens (tertiary/aromatic N) is 1. The highest BCUT2D eigenvalue weighted by Crippen LogP contribution is 2.25. The summed E-state index contributed by atoms with van der Waals surface area (Å²) in [5, 5.41) is 0.